The van der Waals surface area contributed by atoms with E-state index in [-0.39, 0.29) is 0 Å². The third-order valence-electron chi connectivity index (χ3n) is 5.21. The number of anilines is 2. The minimum Gasteiger partial charge on any atom is -0.402 e. The molecule has 2 aromatic rings. The summed E-state index contributed by atoms with van der Waals surface area (Å²) in [5.74, 6) is 0.441. The maximum atomic E-state index is 5.82. The molecular formula is C17H25N7O. The van der Waals surface area contributed by atoms with Gasteiger partial charge in [-0.2, -0.15) is 0 Å². The molecular weight excluding hydrogens is 318 g/mol. The van der Waals surface area contributed by atoms with Crippen LogP contribution in [0.5, 0.6) is 0 Å². The Balaban J connectivity index is 1.36. The molecule has 0 aromatic carbocycles. The van der Waals surface area contributed by atoms with Gasteiger partial charge in [0, 0.05) is 45.3 Å². The van der Waals surface area contributed by atoms with Crippen LogP contribution in [-0.2, 0) is 0 Å². The predicted octanol–water partition coefficient (Wildman–Crippen LogP) is 0.930. The minimum atomic E-state index is 0.441. The fourth-order valence-corrected chi connectivity index (χ4v) is 3.59. The maximum Gasteiger partial charge on any atom is 0.318 e. The summed E-state index contributed by atoms with van der Waals surface area (Å²) in [7, 11) is 2.20. The number of likely N-dealkylation sites (N-methyl/N-ethyl adjacent to an activating group) is 1. The van der Waals surface area contributed by atoms with E-state index in [0.717, 1.165) is 25.9 Å². The third-order valence-corrected chi connectivity index (χ3v) is 5.21. The average Bonchev–Trinajstić information content (AvgIpc) is 3.13. The van der Waals surface area contributed by atoms with Crippen LogP contribution in [0.25, 0.3) is 11.6 Å². The number of nitrogens with two attached hydrogens (primary N) is 1. The van der Waals surface area contributed by atoms with Crippen LogP contribution in [0.1, 0.15) is 12.8 Å². The van der Waals surface area contributed by atoms with Gasteiger partial charge in [-0.3, -0.25) is 4.90 Å². The van der Waals surface area contributed by atoms with Gasteiger partial charge in [0.2, 0.25) is 0 Å². The van der Waals surface area contributed by atoms with Crippen LogP contribution in [0.15, 0.2) is 22.7 Å². The largest absolute Gasteiger partial charge is 0.402 e. The Morgan fingerprint density at radius 3 is 2.48 bits per heavy atom. The number of hydrogen-bond donors (Lipinski definition) is 1. The molecule has 2 saturated heterocycles. The summed E-state index contributed by atoms with van der Waals surface area (Å²) < 4.78 is 5.82. The highest BCUT2D eigenvalue weighted by Gasteiger charge is 2.28. The number of pyridine rings is 1. The zero-order chi connectivity index (χ0) is 17.2. The second-order valence-electron chi connectivity index (χ2n) is 6.92. The molecule has 134 valence electrons. The Morgan fingerprint density at radius 1 is 1.04 bits per heavy atom. The Kier molecular flexibility index (Phi) is 4.54. The molecule has 0 aliphatic carbocycles. The molecule has 25 heavy (non-hydrogen) atoms. The van der Waals surface area contributed by atoms with Crippen LogP contribution < -0.4 is 10.6 Å². The highest BCUT2D eigenvalue weighted by atomic mass is 16.4. The first kappa shape index (κ1) is 16.3. The molecule has 2 aliphatic heterocycles. The number of nitrogens with zero attached hydrogens (tertiary/aromatic N) is 6. The monoisotopic (exact) mass is 343 g/mol. The van der Waals surface area contributed by atoms with Crippen LogP contribution >= 0.6 is 0 Å². The highest BCUT2D eigenvalue weighted by Crippen LogP contribution is 2.25. The lowest BCUT2D eigenvalue weighted by Crippen LogP contribution is -2.52. The van der Waals surface area contributed by atoms with E-state index in [1.165, 1.54) is 26.2 Å². The molecule has 2 fully saturated rings. The van der Waals surface area contributed by atoms with Crippen LogP contribution in [0.2, 0.25) is 0 Å². The van der Waals surface area contributed by atoms with E-state index in [2.05, 4.69) is 36.9 Å². The van der Waals surface area contributed by atoms with Gasteiger partial charge in [0.1, 0.15) is 5.69 Å². The van der Waals surface area contributed by atoms with E-state index >= 15 is 0 Å². The minimum absolute atomic E-state index is 0.441. The number of hydrogen-bond acceptors (Lipinski definition) is 8. The smallest absolute Gasteiger partial charge is 0.318 e. The Labute approximate surface area is 147 Å². The predicted molar refractivity (Wildman–Crippen MR) is 96.2 cm³/mol. The van der Waals surface area contributed by atoms with Crippen LogP contribution in [0, 0.1) is 0 Å². The van der Waals surface area contributed by atoms with Gasteiger partial charge in [-0.05, 0) is 32.0 Å². The summed E-state index contributed by atoms with van der Waals surface area (Å²) in [5, 5.41) is 8.33. The second-order valence-corrected chi connectivity index (χ2v) is 6.92. The second kappa shape index (κ2) is 6.97. The zero-order valence-corrected chi connectivity index (χ0v) is 14.6. The van der Waals surface area contributed by atoms with Gasteiger partial charge in [-0.25, -0.2) is 4.98 Å². The standard InChI is InChI=1S/C17H25N7O/c1-22-8-10-23(11-9-22)14-4-6-24(7-5-14)17-21-20-16(25-17)15-3-2-13(18)12-19-15/h2-3,12,14H,4-11,18H2,1H3. The first-order valence-corrected chi connectivity index (χ1v) is 8.92. The fourth-order valence-electron chi connectivity index (χ4n) is 3.59. The summed E-state index contributed by atoms with van der Waals surface area (Å²) in [5.41, 5.74) is 6.94. The molecule has 2 aliphatic rings. The molecule has 4 heterocycles. The Bertz CT molecular complexity index is 685. The lowest BCUT2D eigenvalue weighted by Gasteiger charge is -2.41. The molecule has 0 unspecified atom stereocenters. The van der Waals surface area contributed by atoms with Crippen molar-refractivity contribution >= 4 is 11.7 Å². The average molecular weight is 343 g/mol. The van der Waals surface area contributed by atoms with Crippen molar-refractivity contribution in [1.29, 1.82) is 0 Å². The molecule has 2 aromatic heterocycles. The van der Waals surface area contributed by atoms with Crippen LogP contribution in [0.4, 0.5) is 11.7 Å². The number of rotatable bonds is 3. The number of piperazine rings is 1. The van der Waals surface area contributed by atoms with Crippen molar-refractivity contribution in [3.05, 3.63) is 18.3 Å². The van der Waals surface area contributed by atoms with Crippen LogP contribution in [0.3, 0.4) is 0 Å². The molecule has 0 atom stereocenters. The highest BCUT2D eigenvalue weighted by molar-refractivity contribution is 5.51. The summed E-state index contributed by atoms with van der Waals surface area (Å²) in [6, 6.07) is 4.84. The third kappa shape index (κ3) is 3.59. The fraction of sp³-hybridized carbons (Fsp3) is 0.588. The normalized spacial score (nSPS) is 20.9. The summed E-state index contributed by atoms with van der Waals surface area (Å²) in [6.07, 6.45) is 3.88. The van der Waals surface area contributed by atoms with E-state index < -0.39 is 0 Å². The lowest BCUT2D eigenvalue weighted by atomic mass is 10.0. The van der Waals surface area contributed by atoms with Gasteiger partial charge in [0.15, 0.2) is 0 Å². The molecule has 8 heteroatoms. The summed E-state index contributed by atoms with van der Waals surface area (Å²) >= 11 is 0. The van der Waals surface area contributed by atoms with E-state index in [1.54, 1.807) is 18.3 Å². The molecule has 2 N–H and O–H groups in total. The van der Waals surface area contributed by atoms with Gasteiger partial charge in [-0.15, -0.1) is 5.10 Å². The Morgan fingerprint density at radius 2 is 1.80 bits per heavy atom. The van der Waals surface area contributed by atoms with E-state index in [0.29, 0.717) is 29.3 Å². The van der Waals surface area contributed by atoms with Crippen LogP contribution in [-0.4, -0.2) is 77.3 Å². The van der Waals surface area contributed by atoms with Gasteiger partial charge in [-0.1, -0.05) is 5.10 Å². The molecule has 8 nitrogen and oxygen atoms in total. The van der Waals surface area contributed by atoms with Crippen molar-refractivity contribution < 1.29 is 4.42 Å². The van der Waals surface area contributed by atoms with Crippen molar-refractivity contribution in [2.45, 2.75) is 18.9 Å². The topological polar surface area (TPSA) is 87.5 Å². The van der Waals surface area contributed by atoms with Crippen molar-refractivity contribution in [2.75, 3.05) is 56.9 Å². The van der Waals surface area contributed by atoms with Crippen molar-refractivity contribution in [3.63, 3.8) is 0 Å². The van der Waals surface area contributed by atoms with E-state index in [1.807, 2.05) is 0 Å². The van der Waals surface area contributed by atoms with Crippen molar-refractivity contribution in [3.8, 4) is 11.6 Å². The first-order chi connectivity index (χ1) is 12.2. The molecule has 4 rings (SSSR count). The van der Waals surface area contributed by atoms with E-state index in [4.69, 9.17) is 10.2 Å². The van der Waals surface area contributed by atoms with Crippen molar-refractivity contribution in [2.24, 2.45) is 0 Å². The molecule has 0 amide bonds. The Hall–Kier alpha value is -2.19. The van der Waals surface area contributed by atoms with Gasteiger partial charge in [0.25, 0.3) is 5.89 Å². The summed E-state index contributed by atoms with van der Waals surface area (Å²) in [6.45, 7) is 6.59. The molecule has 0 saturated carbocycles. The van der Waals surface area contributed by atoms with E-state index in [9.17, 15) is 0 Å². The SMILES string of the molecule is CN1CCN(C2CCN(c3nnc(-c4ccc(N)cn4)o3)CC2)CC1. The molecule has 0 bridgehead atoms. The van der Waals surface area contributed by atoms with Gasteiger partial charge >= 0.3 is 6.01 Å². The zero-order valence-electron chi connectivity index (χ0n) is 14.6. The first-order valence-electron chi connectivity index (χ1n) is 8.92. The molecule has 0 radical (unpaired) electrons. The maximum absolute atomic E-state index is 5.82. The van der Waals surface area contributed by atoms with Gasteiger partial charge < -0.3 is 20.0 Å². The lowest BCUT2D eigenvalue weighted by molar-refractivity contribution is 0.0976. The number of aromatic nitrogens is 3. The van der Waals surface area contributed by atoms with Crippen molar-refractivity contribution in [1.82, 2.24) is 25.0 Å². The molecule has 0 spiro atoms. The van der Waals surface area contributed by atoms with Gasteiger partial charge in [0.05, 0.1) is 11.9 Å². The summed E-state index contributed by atoms with van der Waals surface area (Å²) in [4.78, 5) is 11.5. The number of nitrogen functional groups attached to an aromatic ring is 1. The quantitative estimate of drug-likeness (QED) is 0.881. The number of piperidine rings is 1.